The van der Waals surface area contributed by atoms with E-state index in [9.17, 15) is 0 Å². The third-order valence-corrected chi connectivity index (χ3v) is 13.1. The zero-order chi connectivity index (χ0) is 39.1. The third kappa shape index (κ3) is 27.9. The van der Waals surface area contributed by atoms with Gasteiger partial charge < -0.3 is 0 Å². The lowest BCUT2D eigenvalue weighted by molar-refractivity contribution is 0.521. The average molecular weight is 759 g/mol. The van der Waals surface area contributed by atoms with Crippen LogP contribution < -0.4 is 0 Å². The highest BCUT2D eigenvalue weighted by Crippen LogP contribution is 2.29. The molecular weight excluding hydrogens is 661 g/mol. The summed E-state index contributed by atoms with van der Waals surface area (Å²) in [4.78, 5) is 0. The molecule has 0 unspecified atom stereocenters. The fourth-order valence-corrected chi connectivity index (χ4v) is 9.30. The molecule has 0 aliphatic rings. The summed E-state index contributed by atoms with van der Waals surface area (Å²) in [5.41, 5.74) is 4.89. The highest BCUT2D eigenvalue weighted by molar-refractivity contribution is 5.87. The lowest BCUT2D eigenvalue weighted by Crippen LogP contribution is -1.99. The van der Waals surface area contributed by atoms with E-state index in [1.165, 1.54) is 280 Å². The zero-order valence-electron chi connectivity index (χ0n) is 38.1. The summed E-state index contributed by atoms with van der Waals surface area (Å²) in [6, 6.07) is 11.8. The number of benzene rings is 2. The largest absolute Gasteiger partial charge is 0.0654 e. The van der Waals surface area contributed by atoms with Crippen molar-refractivity contribution < 1.29 is 0 Å². The molecular formula is C55H98. The van der Waals surface area contributed by atoms with E-state index in [4.69, 9.17) is 0 Å². The van der Waals surface area contributed by atoms with Crippen LogP contribution in [0.15, 0.2) is 30.3 Å². The van der Waals surface area contributed by atoms with Crippen LogP contribution in [-0.2, 0) is 12.8 Å². The van der Waals surface area contributed by atoms with Crippen molar-refractivity contribution >= 4 is 10.8 Å². The summed E-state index contributed by atoms with van der Waals surface area (Å²) in [6.45, 7) is 7.06. The maximum atomic E-state index is 2.53. The molecule has 0 heterocycles. The number of fused-ring (bicyclic) bond motifs is 1. The second kappa shape index (κ2) is 38.2. The van der Waals surface area contributed by atoms with Crippen LogP contribution in [0.4, 0.5) is 0 Å². The minimum atomic E-state index is 1.26. The standard InChI is InChI=1S/C55H98/c1-4-6-8-10-12-14-16-18-20-22-24-26-28-30-32-34-36-38-40-42-46-52-50-53-47-44-45-49-55(53)54(51(52)3)48-43-41-39-37-35-33-31-29-27-25-23-21-19-17-15-13-11-9-7-5-2/h44-45,47,49-50H,4-43,46,48H2,1-3H3. The number of unbranched alkanes of at least 4 members (excludes halogenated alkanes) is 38. The first kappa shape index (κ1) is 49.8. The Morgan fingerprint density at radius 3 is 0.909 bits per heavy atom. The fourth-order valence-electron chi connectivity index (χ4n) is 9.30. The topological polar surface area (TPSA) is 0 Å². The van der Waals surface area contributed by atoms with E-state index in [0.717, 1.165) is 0 Å². The summed E-state index contributed by atoms with van der Waals surface area (Å²) >= 11 is 0. The molecule has 2 aromatic rings. The molecule has 318 valence electrons. The van der Waals surface area contributed by atoms with Crippen LogP contribution in [0.1, 0.15) is 287 Å². The van der Waals surface area contributed by atoms with Gasteiger partial charge in [-0.25, -0.2) is 0 Å². The second-order valence-electron chi connectivity index (χ2n) is 18.3. The smallest absolute Gasteiger partial charge is 0.0149 e. The molecule has 0 aliphatic heterocycles. The molecule has 2 aromatic carbocycles. The van der Waals surface area contributed by atoms with Crippen LogP contribution in [0, 0.1) is 6.92 Å². The monoisotopic (exact) mass is 759 g/mol. The fraction of sp³-hybridized carbons (Fsp3) is 0.818. The molecule has 0 radical (unpaired) electrons. The van der Waals surface area contributed by atoms with Crippen molar-refractivity contribution in [3.8, 4) is 0 Å². The summed E-state index contributed by atoms with van der Waals surface area (Å²) in [5.74, 6) is 0. The van der Waals surface area contributed by atoms with Gasteiger partial charge in [0.15, 0.2) is 0 Å². The van der Waals surface area contributed by atoms with Gasteiger partial charge in [-0.15, -0.1) is 0 Å². The number of hydrogen-bond donors (Lipinski definition) is 0. The van der Waals surface area contributed by atoms with Gasteiger partial charge in [-0.2, -0.15) is 0 Å². The maximum absolute atomic E-state index is 2.53. The molecule has 0 fully saturated rings. The lowest BCUT2D eigenvalue weighted by atomic mass is 9.89. The van der Waals surface area contributed by atoms with Gasteiger partial charge in [0.05, 0.1) is 0 Å². The first-order chi connectivity index (χ1) is 27.3. The zero-order valence-corrected chi connectivity index (χ0v) is 38.1. The van der Waals surface area contributed by atoms with E-state index >= 15 is 0 Å². The van der Waals surface area contributed by atoms with Gasteiger partial charge in [0.25, 0.3) is 0 Å². The quantitative estimate of drug-likeness (QED) is 0.0592. The Bertz CT molecular complexity index is 1080. The molecule has 0 saturated heterocycles. The Balaban J connectivity index is 1.44. The molecule has 0 aromatic heterocycles. The molecule has 0 bridgehead atoms. The number of hydrogen-bond acceptors (Lipinski definition) is 0. The SMILES string of the molecule is CCCCCCCCCCCCCCCCCCCCCCc1cc2ccccc2c(CCCCCCCCCCCCCCCCCCCCCC)c1C. The van der Waals surface area contributed by atoms with Gasteiger partial charge in [0.1, 0.15) is 0 Å². The van der Waals surface area contributed by atoms with Crippen molar-refractivity contribution in [2.75, 3.05) is 0 Å². The van der Waals surface area contributed by atoms with E-state index in [1.807, 2.05) is 0 Å². The lowest BCUT2D eigenvalue weighted by Gasteiger charge is -2.16. The Kier molecular flexibility index (Phi) is 34.6. The van der Waals surface area contributed by atoms with Crippen molar-refractivity contribution in [2.45, 2.75) is 290 Å². The highest BCUT2D eigenvalue weighted by Gasteiger charge is 2.10. The molecule has 2 rings (SSSR count). The van der Waals surface area contributed by atoms with Gasteiger partial charge in [-0.3, -0.25) is 0 Å². The third-order valence-electron chi connectivity index (χ3n) is 13.1. The van der Waals surface area contributed by atoms with Crippen LogP contribution in [-0.4, -0.2) is 0 Å². The molecule has 0 aliphatic carbocycles. The molecule has 0 saturated carbocycles. The van der Waals surface area contributed by atoms with E-state index in [-0.39, 0.29) is 0 Å². The van der Waals surface area contributed by atoms with Gasteiger partial charge >= 0.3 is 0 Å². The molecule has 0 atom stereocenters. The highest BCUT2D eigenvalue weighted by atomic mass is 14.2. The van der Waals surface area contributed by atoms with Crippen molar-refractivity contribution in [3.63, 3.8) is 0 Å². The molecule has 0 heteroatoms. The second-order valence-corrected chi connectivity index (χ2v) is 18.3. The van der Waals surface area contributed by atoms with Gasteiger partial charge in [-0.05, 0) is 60.1 Å². The molecule has 0 N–H and O–H groups in total. The average Bonchev–Trinajstić information content (AvgIpc) is 3.20. The normalized spacial score (nSPS) is 11.7. The Morgan fingerprint density at radius 1 is 0.309 bits per heavy atom. The van der Waals surface area contributed by atoms with Crippen LogP contribution in [0.3, 0.4) is 0 Å². The number of aryl methyl sites for hydroxylation is 2. The van der Waals surface area contributed by atoms with Crippen molar-refractivity contribution in [2.24, 2.45) is 0 Å². The van der Waals surface area contributed by atoms with E-state index in [1.54, 1.807) is 16.7 Å². The van der Waals surface area contributed by atoms with Crippen molar-refractivity contribution in [1.29, 1.82) is 0 Å². The molecule has 0 nitrogen and oxygen atoms in total. The van der Waals surface area contributed by atoms with E-state index in [0.29, 0.717) is 0 Å². The van der Waals surface area contributed by atoms with Gasteiger partial charge in [-0.1, -0.05) is 288 Å². The van der Waals surface area contributed by atoms with Gasteiger partial charge in [0, 0.05) is 0 Å². The van der Waals surface area contributed by atoms with Crippen molar-refractivity contribution in [3.05, 3.63) is 47.0 Å². The first-order valence-corrected chi connectivity index (χ1v) is 25.8. The minimum absolute atomic E-state index is 1.26. The Hall–Kier alpha value is -1.30. The van der Waals surface area contributed by atoms with E-state index < -0.39 is 0 Å². The van der Waals surface area contributed by atoms with Gasteiger partial charge in [0.2, 0.25) is 0 Å². The predicted molar refractivity (Wildman–Crippen MR) is 252 cm³/mol. The summed E-state index contributed by atoms with van der Waals surface area (Å²) < 4.78 is 0. The van der Waals surface area contributed by atoms with Crippen molar-refractivity contribution in [1.82, 2.24) is 0 Å². The number of rotatable bonds is 42. The molecule has 55 heavy (non-hydrogen) atoms. The van der Waals surface area contributed by atoms with E-state index in [2.05, 4.69) is 51.1 Å². The summed E-state index contributed by atoms with van der Waals surface area (Å²) in [5, 5.41) is 2.99. The van der Waals surface area contributed by atoms with Crippen LogP contribution in [0.5, 0.6) is 0 Å². The molecule has 0 amide bonds. The van der Waals surface area contributed by atoms with Crippen LogP contribution in [0.25, 0.3) is 10.8 Å². The maximum Gasteiger partial charge on any atom is -0.0149 e. The summed E-state index contributed by atoms with van der Waals surface area (Å²) in [6.07, 6.45) is 60.6. The van der Waals surface area contributed by atoms with Crippen LogP contribution in [0.2, 0.25) is 0 Å². The summed E-state index contributed by atoms with van der Waals surface area (Å²) in [7, 11) is 0. The molecule has 0 spiro atoms. The predicted octanol–water partition coefficient (Wildman–Crippen LogP) is 19.9. The Labute approximate surface area is 347 Å². The Morgan fingerprint density at radius 2 is 0.582 bits per heavy atom. The first-order valence-electron chi connectivity index (χ1n) is 25.8. The minimum Gasteiger partial charge on any atom is -0.0654 e. The van der Waals surface area contributed by atoms with Crippen LogP contribution >= 0.6 is 0 Å².